The van der Waals surface area contributed by atoms with E-state index in [0.717, 1.165) is 6.07 Å². The van der Waals surface area contributed by atoms with Gasteiger partial charge < -0.3 is 20.5 Å². The number of nitrogens with zero attached hydrogens (tertiary/aromatic N) is 4. The molecule has 0 aliphatic carbocycles. The number of azo groups is 1. The fourth-order valence-electron chi connectivity index (χ4n) is 2.51. The van der Waals surface area contributed by atoms with Crippen molar-refractivity contribution in [1.29, 1.82) is 0 Å². The molecule has 0 saturated heterocycles. The number of primary sulfonamides is 1. The van der Waals surface area contributed by atoms with E-state index in [1.54, 1.807) is 31.2 Å². The molecule has 12 heteroatoms. The zero-order chi connectivity index (χ0) is 19.8. The SMILES string of the molecule is Cc1cc(N=N[c-]2c(C)nn(-c3ccccc3)c2=O)c(O)cc1S(N)(=O)=O.O.[Cr]. The van der Waals surface area contributed by atoms with Crippen molar-refractivity contribution in [3.8, 4) is 11.4 Å². The van der Waals surface area contributed by atoms with Crippen molar-refractivity contribution in [3.63, 3.8) is 0 Å². The molecule has 29 heavy (non-hydrogen) atoms. The molecule has 0 atom stereocenters. The Kier molecular flexibility index (Phi) is 7.68. The molecule has 5 N–H and O–H groups in total. The van der Waals surface area contributed by atoms with Gasteiger partial charge in [0.1, 0.15) is 17.0 Å². The quantitative estimate of drug-likeness (QED) is 0.447. The predicted molar refractivity (Wildman–Crippen MR) is 102 cm³/mol. The smallest absolute Gasteiger partial charge is 0.238 e. The summed E-state index contributed by atoms with van der Waals surface area (Å²) in [7, 11) is -3.98. The van der Waals surface area contributed by atoms with Gasteiger partial charge in [0.15, 0.2) is 0 Å². The number of hydrogen-bond donors (Lipinski definition) is 2. The zero-order valence-corrected chi connectivity index (χ0v) is 17.5. The van der Waals surface area contributed by atoms with Crippen LogP contribution in [0.15, 0.2) is 62.4 Å². The Morgan fingerprint density at radius 3 is 2.38 bits per heavy atom. The van der Waals surface area contributed by atoms with Crippen molar-refractivity contribution in [1.82, 2.24) is 9.78 Å². The second-order valence-electron chi connectivity index (χ2n) is 5.84. The van der Waals surface area contributed by atoms with Crippen LogP contribution in [0.25, 0.3) is 5.69 Å². The third-order valence-corrected chi connectivity index (χ3v) is 4.88. The topological polar surface area (TPSA) is 172 Å². The summed E-state index contributed by atoms with van der Waals surface area (Å²) in [5.74, 6) is -0.422. The van der Waals surface area contributed by atoms with Crippen LogP contribution < -0.4 is 10.7 Å². The van der Waals surface area contributed by atoms with E-state index < -0.39 is 21.3 Å². The van der Waals surface area contributed by atoms with E-state index in [1.165, 1.54) is 17.7 Å². The molecule has 3 aromatic rings. The van der Waals surface area contributed by atoms with Crippen LogP contribution in [-0.2, 0) is 27.4 Å². The van der Waals surface area contributed by atoms with E-state index in [9.17, 15) is 18.3 Å². The van der Waals surface area contributed by atoms with Crippen LogP contribution in [0.5, 0.6) is 5.75 Å². The number of benzene rings is 2. The third-order valence-electron chi connectivity index (χ3n) is 3.82. The number of para-hydroxylation sites is 1. The minimum absolute atomic E-state index is 0. The molecule has 0 bridgehead atoms. The molecule has 0 amide bonds. The van der Waals surface area contributed by atoms with Crippen molar-refractivity contribution in [2.75, 3.05) is 0 Å². The number of hydrogen-bond acceptors (Lipinski definition) is 7. The van der Waals surface area contributed by atoms with Crippen LogP contribution in [0.3, 0.4) is 0 Å². The number of aromatic hydroxyl groups is 1. The first-order valence-electron chi connectivity index (χ1n) is 7.78. The molecule has 10 nitrogen and oxygen atoms in total. The van der Waals surface area contributed by atoms with Gasteiger partial charge in [-0.3, -0.25) is 0 Å². The van der Waals surface area contributed by atoms with Crippen LogP contribution in [0.4, 0.5) is 11.4 Å². The van der Waals surface area contributed by atoms with Crippen LogP contribution >= 0.6 is 0 Å². The first-order chi connectivity index (χ1) is 12.7. The van der Waals surface area contributed by atoms with Gasteiger partial charge in [-0.25, -0.2) is 23.3 Å². The van der Waals surface area contributed by atoms with Gasteiger partial charge in [0, 0.05) is 23.4 Å². The molecule has 0 fully saturated rings. The Balaban J connectivity index is 0.00000210. The maximum atomic E-state index is 12.5. The number of aryl methyl sites for hydroxylation is 2. The average molecular weight is 456 g/mol. The molecule has 0 aliphatic heterocycles. The Labute approximate surface area is 177 Å². The van der Waals surface area contributed by atoms with Gasteiger partial charge in [0.2, 0.25) is 10.0 Å². The summed E-state index contributed by atoms with van der Waals surface area (Å²) < 4.78 is 24.2. The largest absolute Gasteiger partial charge is 0.506 e. The van der Waals surface area contributed by atoms with E-state index >= 15 is 0 Å². The molecule has 1 aromatic heterocycles. The Morgan fingerprint density at radius 1 is 1.17 bits per heavy atom. The average Bonchev–Trinajstić information content (AvgIpc) is 2.89. The predicted octanol–water partition coefficient (Wildman–Crippen LogP) is 1.51. The standard InChI is InChI=1S/C17H16N5O4S.Cr.H2O/c1-10-8-13(14(23)9-15(10)27(18,25)26)19-20-16-11(2)21-22(17(16)24)12-6-4-3-5-7-12;;/h3-9,23H,1-2H3,(H2,18,25,26);;1H2/q-1;;. The van der Waals surface area contributed by atoms with E-state index in [1.807, 2.05) is 6.07 Å². The van der Waals surface area contributed by atoms with Gasteiger partial charge in [0.25, 0.3) is 0 Å². The molecule has 0 saturated carbocycles. The van der Waals surface area contributed by atoms with Crippen molar-refractivity contribution in [3.05, 3.63) is 64.1 Å². The first-order valence-corrected chi connectivity index (χ1v) is 9.33. The Morgan fingerprint density at radius 2 is 1.79 bits per heavy atom. The summed E-state index contributed by atoms with van der Waals surface area (Å²) in [4.78, 5) is 12.3. The summed E-state index contributed by atoms with van der Waals surface area (Å²) in [6.07, 6.45) is 0. The normalized spacial score (nSPS) is 11.1. The molecule has 3 rings (SSSR count). The fourth-order valence-corrected chi connectivity index (χ4v) is 3.29. The molecular weight excluding hydrogens is 438 g/mol. The number of aromatic nitrogens is 2. The van der Waals surface area contributed by atoms with E-state index in [2.05, 4.69) is 15.3 Å². The van der Waals surface area contributed by atoms with Crippen LogP contribution in [0, 0.1) is 13.8 Å². The summed E-state index contributed by atoms with van der Waals surface area (Å²) in [5, 5.41) is 27.1. The van der Waals surface area contributed by atoms with Crippen molar-refractivity contribution in [2.45, 2.75) is 18.7 Å². The van der Waals surface area contributed by atoms with E-state index in [4.69, 9.17) is 5.14 Å². The summed E-state index contributed by atoms with van der Waals surface area (Å²) >= 11 is 0. The fraction of sp³-hybridized carbons (Fsp3) is 0.118. The number of sulfonamides is 1. The van der Waals surface area contributed by atoms with E-state index in [-0.39, 0.29) is 39.1 Å². The maximum Gasteiger partial charge on any atom is 0.238 e. The molecule has 0 spiro atoms. The minimum Gasteiger partial charge on any atom is -0.506 e. The van der Waals surface area contributed by atoms with Gasteiger partial charge in [-0.05, 0) is 30.7 Å². The number of rotatable bonds is 4. The summed E-state index contributed by atoms with van der Waals surface area (Å²) in [5.41, 5.74) is 0.814. The second kappa shape index (κ2) is 9.17. The molecule has 154 valence electrons. The van der Waals surface area contributed by atoms with Gasteiger partial charge in [-0.2, -0.15) is 5.11 Å². The molecule has 0 radical (unpaired) electrons. The third kappa shape index (κ3) is 5.00. The summed E-state index contributed by atoms with van der Waals surface area (Å²) in [6.45, 7) is 3.13. The van der Waals surface area contributed by atoms with Crippen LogP contribution in [-0.4, -0.2) is 28.8 Å². The minimum atomic E-state index is -3.98. The number of phenols is 1. The maximum absolute atomic E-state index is 12.5. The molecular formula is C17H18CrN5O5S-. The van der Waals surface area contributed by atoms with Crippen molar-refractivity contribution < 1.29 is 36.4 Å². The monoisotopic (exact) mass is 456 g/mol. The summed E-state index contributed by atoms with van der Waals surface area (Å²) in [6, 6.07) is 11.2. The number of nitrogens with two attached hydrogens (primary N) is 1. The van der Waals surface area contributed by atoms with Gasteiger partial charge in [-0.1, -0.05) is 30.8 Å². The molecule has 1 heterocycles. The van der Waals surface area contributed by atoms with Gasteiger partial charge >= 0.3 is 0 Å². The molecule has 2 aromatic carbocycles. The van der Waals surface area contributed by atoms with E-state index in [0.29, 0.717) is 16.9 Å². The van der Waals surface area contributed by atoms with Gasteiger partial charge in [-0.15, -0.1) is 5.69 Å². The molecule has 0 unspecified atom stereocenters. The van der Waals surface area contributed by atoms with Crippen LogP contribution in [0.2, 0.25) is 0 Å². The molecule has 0 aliphatic rings. The second-order valence-corrected chi connectivity index (χ2v) is 7.37. The first kappa shape index (κ1) is 24.3. The number of phenolic OH excluding ortho intramolecular Hbond substituents is 1. The Hall–Kier alpha value is -2.75. The van der Waals surface area contributed by atoms with Crippen LogP contribution in [0.1, 0.15) is 11.3 Å². The van der Waals surface area contributed by atoms with Crippen molar-refractivity contribution in [2.24, 2.45) is 15.4 Å². The Bertz CT molecular complexity index is 1200. The zero-order valence-electron chi connectivity index (χ0n) is 15.4. The van der Waals surface area contributed by atoms with Gasteiger partial charge in [0.05, 0.1) is 10.6 Å². The van der Waals surface area contributed by atoms with Crippen molar-refractivity contribution >= 4 is 21.4 Å².